The number of nitrogens with one attached hydrogen (secondary N) is 1. The molecular formula is C12H14N2O3. The number of aromatic carboxylic acids is 1. The lowest BCUT2D eigenvalue weighted by Crippen LogP contribution is -2.33. The van der Waals surface area contributed by atoms with E-state index in [1.54, 1.807) is 6.07 Å². The summed E-state index contributed by atoms with van der Waals surface area (Å²) >= 11 is 0. The van der Waals surface area contributed by atoms with Gasteiger partial charge >= 0.3 is 5.97 Å². The zero-order valence-electron chi connectivity index (χ0n) is 9.35. The number of rotatable bonds is 4. The molecule has 0 unspecified atom stereocenters. The fourth-order valence-corrected chi connectivity index (χ4v) is 1.66. The van der Waals surface area contributed by atoms with E-state index < -0.39 is 5.97 Å². The van der Waals surface area contributed by atoms with Crippen molar-refractivity contribution in [2.24, 2.45) is 5.92 Å². The summed E-state index contributed by atoms with van der Waals surface area (Å²) in [6, 6.07) is 3.10. The smallest absolute Gasteiger partial charge is 0.354 e. The highest BCUT2D eigenvalue weighted by Crippen LogP contribution is 2.26. The van der Waals surface area contributed by atoms with Crippen LogP contribution < -0.4 is 5.32 Å². The van der Waals surface area contributed by atoms with Crippen LogP contribution in [0.15, 0.2) is 18.3 Å². The van der Waals surface area contributed by atoms with Gasteiger partial charge < -0.3 is 10.4 Å². The number of nitrogens with zero attached hydrogens (tertiary/aromatic N) is 1. The monoisotopic (exact) mass is 234 g/mol. The third-order valence-corrected chi connectivity index (χ3v) is 2.99. The van der Waals surface area contributed by atoms with Crippen LogP contribution in [0.4, 0.5) is 0 Å². The highest BCUT2D eigenvalue weighted by atomic mass is 16.4. The number of hydrogen-bond donors (Lipinski definition) is 2. The summed E-state index contributed by atoms with van der Waals surface area (Å²) in [4.78, 5) is 25.9. The Labute approximate surface area is 98.9 Å². The Balaban J connectivity index is 1.86. The number of hydrogen-bond acceptors (Lipinski definition) is 3. The van der Waals surface area contributed by atoms with Crippen LogP contribution in [0.5, 0.6) is 0 Å². The predicted molar refractivity (Wildman–Crippen MR) is 60.4 cm³/mol. The second kappa shape index (κ2) is 4.95. The van der Waals surface area contributed by atoms with E-state index in [-0.39, 0.29) is 17.5 Å². The topological polar surface area (TPSA) is 79.3 Å². The maximum absolute atomic E-state index is 11.5. The number of carbonyl (C=O) groups excluding carboxylic acids is 1. The molecule has 5 nitrogen and oxygen atoms in total. The summed E-state index contributed by atoms with van der Waals surface area (Å²) in [5, 5.41) is 11.5. The molecule has 0 atom stereocenters. The standard InChI is InChI=1S/C12H14N2O3/c15-11(9-2-1-3-9)14-7-8-4-5-10(12(16)17)13-6-8/h4-6,9H,1-3,7H2,(H,14,15)(H,16,17). The molecule has 1 heterocycles. The van der Waals surface area contributed by atoms with Crippen molar-refractivity contribution in [3.63, 3.8) is 0 Å². The summed E-state index contributed by atoms with van der Waals surface area (Å²) in [5.74, 6) is -0.796. The number of amides is 1. The average molecular weight is 234 g/mol. The molecule has 0 bridgehead atoms. The molecule has 0 aliphatic heterocycles. The number of aromatic nitrogens is 1. The molecule has 2 N–H and O–H groups in total. The molecule has 1 aromatic heterocycles. The van der Waals surface area contributed by atoms with Crippen molar-refractivity contribution in [2.45, 2.75) is 25.8 Å². The molecule has 1 aliphatic carbocycles. The van der Waals surface area contributed by atoms with E-state index in [1.807, 2.05) is 0 Å². The van der Waals surface area contributed by atoms with Gasteiger partial charge in [-0.15, -0.1) is 0 Å². The van der Waals surface area contributed by atoms with E-state index in [2.05, 4.69) is 10.3 Å². The van der Waals surface area contributed by atoms with Gasteiger partial charge in [-0.2, -0.15) is 0 Å². The van der Waals surface area contributed by atoms with Gasteiger partial charge in [-0.3, -0.25) is 4.79 Å². The van der Waals surface area contributed by atoms with Crippen LogP contribution >= 0.6 is 0 Å². The van der Waals surface area contributed by atoms with Crippen LogP contribution in [-0.2, 0) is 11.3 Å². The molecule has 0 radical (unpaired) electrons. The second-order valence-corrected chi connectivity index (χ2v) is 4.20. The van der Waals surface area contributed by atoms with Crippen molar-refractivity contribution in [3.8, 4) is 0 Å². The van der Waals surface area contributed by atoms with Crippen molar-refractivity contribution in [1.82, 2.24) is 10.3 Å². The number of carboxylic acids is 1. The summed E-state index contributed by atoms with van der Waals surface area (Å²) < 4.78 is 0. The van der Waals surface area contributed by atoms with E-state index in [9.17, 15) is 9.59 Å². The summed E-state index contributed by atoms with van der Waals surface area (Å²) in [5.41, 5.74) is 0.821. The van der Waals surface area contributed by atoms with Gasteiger partial charge in [0.1, 0.15) is 5.69 Å². The molecule has 1 aliphatic rings. The normalized spacial score (nSPS) is 15.1. The van der Waals surface area contributed by atoms with Gasteiger partial charge in [-0.05, 0) is 24.5 Å². The van der Waals surface area contributed by atoms with Gasteiger partial charge in [-0.1, -0.05) is 12.5 Å². The predicted octanol–water partition coefficient (Wildman–Crippen LogP) is 1.20. The molecule has 1 saturated carbocycles. The molecule has 17 heavy (non-hydrogen) atoms. The fraction of sp³-hybridized carbons (Fsp3) is 0.417. The van der Waals surface area contributed by atoms with Crippen LogP contribution in [-0.4, -0.2) is 22.0 Å². The maximum atomic E-state index is 11.5. The largest absolute Gasteiger partial charge is 0.477 e. The third kappa shape index (κ3) is 2.81. The maximum Gasteiger partial charge on any atom is 0.354 e. The van der Waals surface area contributed by atoms with Crippen LogP contribution in [0.3, 0.4) is 0 Å². The molecule has 0 spiro atoms. The van der Waals surface area contributed by atoms with Crippen molar-refractivity contribution < 1.29 is 14.7 Å². The zero-order chi connectivity index (χ0) is 12.3. The SMILES string of the molecule is O=C(O)c1ccc(CNC(=O)C2CCC2)cn1. The molecule has 90 valence electrons. The number of carbonyl (C=O) groups is 2. The van der Waals surface area contributed by atoms with Crippen molar-refractivity contribution in [1.29, 1.82) is 0 Å². The Hall–Kier alpha value is -1.91. The molecule has 5 heteroatoms. The van der Waals surface area contributed by atoms with Crippen LogP contribution in [0.1, 0.15) is 35.3 Å². The lowest BCUT2D eigenvalue weighted by Gasteiger charge is -2.23. The highest BCUT2D eigenvalue weighted by Gasteiger charge is 2.24. The van der Waals surface area contributed by atoms with E-state index >= 15 is 0 Å². The summed E-state index contributed by atoms with van der Waals surface area (Å²) in [7, 11) is 0. The fourth-order valence-electron chi connectivity index (χ4n) is 1.66. The number of carboxylic acid groups (broad SMARTS) is 1. The Bertz CT molecular complexity index is 424. The lowest BCUT2D eigenvalue weighted by molar-refractivity contribution is -0.127. The summed E-state index contributed by atoms with van der Waals surface area (Å²) in [6.07, 6.45) is 4.56. The number of pyridine rings is 1. The molecule has 1 fully saturated rings. The first kappa shape index (κ1) is 11.6. The van der Waals surface area contributed by atoms with Gasteiger partial charge in [-0.25, -0.2) is 9.78 Å². The van der Waals surface area contributed by atoms with Crippen molar-refractivity contribution >= 4 is 11.9 Å². The highest BCUT2D eigenvalue weighted by molar-refractivity contribution is 5.85. The van der Waals surface area contributed by atoms with Gasteiger partial charge in [0.2, 0.25) is 5.91 Å². The van der Waals surface area contributed by atoms with Gasteiger partial charge in [0, 0.05) is 18.7 Å². The second-order valence-electron chi connectivity index (χ2n) is 4.20. The van der Waals surface area contributed by atoms with Crippen molar-refractivity contribution in [2.75, 3.05) is 0 Å². The zero-order valence-corrected chi connectivity index (χ0v) is 9.35. The first-order chi connectivity index (χ1) is 8.16. The molecule has 0 aromatic carbocycles. The van der Waals surface area contributed by atoms with Gasteiger partial charge in [0.15, 0.2) is 0 Å². The lowest BCUT2D eigenvalue weighted by atomic mass is 9.85. The van der Waals surface area contributed by atoms with Crippen molar-refractivity contribution in [3.05, 3.63) is 29.6 Å². The molecule has 0 saturated heterocycles. The van der Waals surface area contributed by atoms with Crippen LogP contribution in [0.25, 0.3) is 0 Å². The first-order valence-electron chi connectivity index (χ1n) is 5.63. The molecule has 1 amide bonds. The summed E-state index contributed by atoms with van der Waals surface area (Å²) in [6.45, 7) is 0.405. The van der Waals surface area contributed by atoms with Gasteiger partial charge in [0.25, 0.3) is 0 Å². The van der Waals surface area contributed by atoms with E-state index in [0.717, 1.165) is 24.8 Å². The van der Waals surface area contributed by atoms with E-state index in [1.165, 1.54) is 12.3 Å². The molecular weight excluding hydrogens is 220 g/mol. The molecule has 1 aromatic rings. The van der Waals surface area contributed by atoms with Crippen LogP contribution in [0, 0.1) is 5.92 Å². The minimum Gasteiger partial charge on any atom is -0.477 e. The Morgan fingerprint density at radius 1 is 1.41 bits per heavy atom. The Morgan fingerprint density at radius 2 is 2.18 bits per heavy atom. The minimum atomic E-state index is -1.05. The Kier molecular flexibility index (Phi) is 3.37. The first-order valence-corrected chi connectivity index (χ1v) is 5.63. The third-order valence-electron chi connectivity index (χ3n) is 2.99. The Morgan fingerprint density at radius 3 is 2.65 bits per heavy atom. The van der Waals surface area contributed by atoms with Crippen LogP contribution in [0.2, 0.25) is 0 Å². The average Bonchev–Trinajstić information content (AvgIpc) is 2.24. The molecule has 2 rings (SSSR count). The van der Waals surface area contributed by atoms with Gasteiger partial charge in [0.05, 0.1) is 0 Å². The van der Waals surface area contributed by atoms with E-state index in [4.69, 9.17) is 5.11 Å². The minimum absolute atomic E-state index is 0.0130. The van der Waals surface area contributed by atoms with E-state index in [0.29, 0.717) is 6.54 Å². The quantitative estimate of drug-likeness (QED) is 0.820.